The Morgan fingerprint density at radius 3 is 2.91 bits per heavy atom. The quantitative estimate of drug-likeness (QED) is 0.530. The van der Waals surface area contributed by atoms with Crippen LogP contribution in [0.5, 0.6) is 5.75 Å². The first kappa shape index (κ1) is 14.9. The van der Waals surface area contributed by atoms with Gasteiger partial charge >= 0.3 is 11.2 Å². The number of nitrogens with zero attached hydrogens (tertiary/aromatic N) is 4. The monoisotopic (exact) mass is 377 g/mol. The molecule has 3 aromatic rings. The maximum atomic E-state index is 12.1. The Hall–Kier alpha value is -3.01. The number of phenolic OH excluding ortho intramolecular Hbond substituents is 1. The molecule has 0 atom stereocenters. The summed E-state index contributed by atoms with van der Waals surface area (Å²) in [5.74, 6) is 0.00314. The summed E-state index contributed by atoms with van der Waals surface area (Å²) in [6.45, 7) is 0. The number of aromatic hydroxyl groups is 1. The fraction of sp³-hybridized carbons (Fsp3) is 0. The second-order valence-corrected chi connectivity index (χ2v) is 5.38. The predicted octanol–water partition coefficient (Wildman–Crippen LogP) is 1.96. The molecular formula is C13H8BrN5O4. The fourth-order valence-electron chi connectivity index (χ4n) is 1.98. The lowest BCUT2D eigenvalue weighted by atomic mass is 10.1. The molecule has 0 aliphatic carbocycles. The van der Waals surface area contributed by atoms with E-state index in [0.717, 1.165) is 8.99 Å². The second-order valence-electron chi connectivity index (χ2n) is 4.47. The number of rotatable bonds is 3. The van der Waals surface area contributed by atoms with Gasteiger partial charge in [-0.05, 0) is 30.4 Å². The van der Waals surface area contributed by atoms with Crippen LogP contribution in [0, 0.1) is 10.1 Å². The van der Waals surface area contributed by atoms with E-state index in [2.05, 4.69) is 31.0 Å². The molecule has 0 spiro atoms. The molecule has 2 heterocycles. The van der Waals surface area contributed by atoms with Gasteiger partial charge in [0.2, 0.25) is 0 Å². The van der Waals surface area contributed by atoms with Crippen molar-refractivity contribution in [2.75, 3.05) is 0 Å². The lowest BCUT2D eigenvalue weighted by Gasteiger charge is -2.00. The Balaban J connectivity index is 2.17. The van der Waals surface area contributed by atoms with Crippen molar-refractivity contribution in [1.82, 2.24) is 19.6 Å². The summed E-state index contributed by atoms with van der Waals surface area (Å²) in [5, 5.41) is 23.4. The molecule has 1 aromatic carbocycles. The Morgan fingerprint density at radius 1 is 1.39 bits per heavy atom. The van der Waals surface area contributed by atoms with Gasteiger partial charge in [0.05, 0.1) is 4.92 Å². The van der Waals surface area contributed by atoms with Crippen LogP contribution in [-0.4, -0.2) is 29.6 Å². The van der Waals surface area contributed by atoms with Crippen molar-refractivity contribution in [2.45, 2.75) is 0 Å². The molecule has 0 bridgehead atoms. The summed E-state index contributed by atoms with van der Waals surface area (Å²) in [6.07, 6.45) is 3.93. The summed E-state index contributed by atoms with van der Waals surface area (Å²) in [7, 11) is 0. The van der Waals surface area contributed by atoms with E-state index in [1.54, 1.807) is 12.1 Å². The van der Waals surface area contributed by atoms with E-state index < -0.39 is 16.2 Å². The van der Waals surface area contributed by atoms with Gasteiger partial charge in [-0.2, -0.15) is 4.52 Å². The summed E-state index contributed by atoms with van der Waals surface area (Å²) < 4.78 is 1.60. The van der Waals surface area contributed by atoms with Crippen molar-refractivity contribution >= 4 is 39.5 Å². The lowest BCUT2D eigenvalue weighted by molar-refractivity contribution is -0.386. The molecule has 10 heteroatoms. The number of hydrogen-bond acceptors (Lipinski definition) is 6. The maximum absolute atomic E-state index is 12.1. The zero-order chi connectivity index (χ0) is 16.6. The van der Waals surface area contributed by atoms with Crippen LogP contribution in [0.3, 0.4) is 0 Å². The molecule has 116 valence electrons. The van der Waals surface area contributed by atoms with Gasteiger partial charge in [0.1, 0.15) is 12.1 Å². The van der Waals surface area contributed by atoms with E-state index in [1.165, 1.54) is 24.5 Å². The predicted molar refractivity (Wildman–Crippen MR) is 85.0 cm³/mol. The molecule has 0 unspecified atom stereocenters. The molecular weight excluding hydrogens is 370 g/mol. The highest BCUT2D eigenvalue weighted by Crippen LogP contribution is 2.24. The van der Waals surface area contributed by atoms with Crippen LogP contribution in [0.25, 0.3) is 17.9 Å². The van der Waals surface area contributed by atoms with E-state index in [0.29, 0.717) is 5.56 Å². The van der Waals surface area contributed by atoms with Gasteiger partial charge in [0, 0.05) is 10.0 Å². The van der Waals surface area contributed by atoms with E-state index in [-0.39, 0.29) is 17.2 Å². The molecule has 2 aromatic heterocycles. The number of halogens is 1. The van der Waals surface area contributed by atoms with Gasteiger partial charge in [-0.25, -0.2) is 9.97 Å². The van der Waals surface area contributed by atoms with Gasteiger partial charge in [-0.3, -0.25) is 20.0 Å². The van der Waals surface area contributed by atoms with Gasteiger partial charge in [-0.1, -0.05) is 15.9 Å². The lowest BCUT2D eigenvalue weighted by Crippen LogP contribution is -2.20. The minimum atomic E-state index is -0.865. The molecule has 0 saturated carbocycles. The Kier molecular flexibility index (Phi) is 3.66. The third kappa shape index (κ3) is 2.71. The Morgan fingerprint density at radius 2 is 2.17 bits per heavy atom. The van der Waals surface area contributed by atoms with Crippen molar-refractivity contribution in [3.8, 4) is 5.75 Å². The molecule has 0 saturated heterocycles. The van der Waals surface area contributed by atoms with Crippen molar-refractivity contribution in [2.24, 2.45) is 0 Å². The smallest absolute Gasteiger partial charge is 0.361 e. The second kappa shape index (κ2) is 5.65. The number of H-pyrrole nitrogens is 1. The first-order valence-corrected chi connectivity index (χ1v) is 7.04. The number of aromatic nitrogens is 4. The summed E-state index contributed by atoms with van der Waals surface area (Å²) in [5.41, 5.74) is -1.28. The molecule has 0 fully saturated rings. The van der Waals surface area contributed by atoms with Crippen LogP contribution < -0.4 is 5.56 Å². The standard InChI is InChI=1S/C13H8BrN5O4/c14-8-2-4-10(20)7(5-8)1-3-9-11(19(22)23)12(21)18-13(17-9)15-6-16-18/h1-6,20H,(H,15,16,17)/b3-1+. The normalized spacial score (nSPS) is 11.3. The molecule has 0 radical (unpaired) electrons. The van der Waals surface area contributed by atoms with Gasteiger partial charge in [-0.15, -0.1) is 0 Å². The summed E-state index contributed by atoms with van der Waals surface area (Å²) >= 11 is 3.26. The van der Waals surface area contributed by atoms with Crippen LogP contribution in [0.15, 0.2) is 33.8 Å². The number of benzene rings is 1. The number of nitrogens with one attached hydrogen (secondary N) is 1. The van der Waals surface area contributed by atoms with Crippen molar-refractivity contribution in [1.29, 1.82) is 0 Å². The minimum Gasteiger partial charge on any atom is -0.507 e. The number of nitro groups is 1. The van der Waals surface area contributed by atoms with Crippen LogP contribution in [0.4, 0.5) is 5.69 Å². The largest absolute Gasteiger partial charge is 0.507 e. The van der Waals surface area contributed by atoms with E-state index in [9.17, 15) is 20.0 Å². The molecule has 3 rings (SSSR count). The van der Waals surface area contributed by atoms with E-state index in [4.69, 9.17) is 0 Å². The molecule has 23 heavy (non-hydrogen) atoms. The van der Waals surface area contributed by atoms with Gasteiger partial charge in [0.15, 0.2) is 5.69 Å². The van der Waals surface area contributed by atoms with Crippen LogP contribution in [-0.2, 0) is 0 Å². The van der Waals surface area contributed by atoms with E-state index in [1.807, 2.05) is 0 Å². The molecule has 2 N–H and O–H groups in total. The number of hydrogen-bond donors (Lipinski definition) is 2. The maximum Gasteiger partial charge on any atom is 0.361 e. The van der Waals surface area contributed by atoms with Crippen molar-refractivity contribution in [3.05, 3.63) is 60.7 Å². The fourth-order valence-corrected chi connectivity index (χ4v) is 2.36. The summed E-state index contributed by atoms with van der Waals surface area (Å²) in [6, 6.07) is 4.74. The molecule has 0 aliphatic heterocycles. The topological polar surface area (TPSA) is 126 Å². The molecule has 9 nitrogen and oxygen atoms in total. The van der Waals surface area contributed by atoms with Crippen LogP contribution >= 0.6 is 15.9 Å². The van der Waals surface area contributed by atoms with E-state index >= 15 is 0 Å². The summed E-state index contributed by atoms with van der Waals surface area (Å²) in [4.78, 5) is 30.3. The highest BCUT2D eigenvalue weighted by atomic mass is 79.9. The molecule has 0 aliphatic rings. The Labute approximate surface area is 136 Å². The SMILES string of the molecule is O=c1c([N+](=O)[O-])c(/C=C/c2cc(Br)ccc2O)nc2nc[nH]n12. The number of fused-ring (bicyclic) bond motifs is 1. The van der Waals surface area contributed by atoms with Gasteiger partial charge < -0.3 is 5.11 Å². The third-order valence-electron chi connectivity index (χ3n) is 3.03. The first-order chi connectivity index (χ1) is 11.0. The van der Waals surface area contributed by atoms with Crippen molar-refractivity contribution < 1.29 is 10.0 Å². The zero-order valence-corrected chi connectivity index (χ0v) is 12.9. The highest BCUT2D eigenvalue weighted by Gasteiger charge is 2.22. The van der Waals surface area contributed by atoms with Crippen LogP contribution in [0.2, 0.25) is 0 Å². The Bertz CT molecular complexity index is 1010. The number of phenols is 1. The van der Waals surface area contributed by atoms with Crippen molar-refractivity contribution in [3.63, 3.8) is 0 Å². The zero-order valence-electron chi connectivity index (χ0n) is 11.3. The highest BCUT2D eigenvalue weighted by molar-refractivity contribution is 9.10. The molecule has 0 amide bonds. The first-order valence-electron chi connectivity index (χ1n) is 6.24. The minimum absolute atomic E-state index is 0.00956. The average Bonchev–Trinajstić information content (AvgIpc) is 2.96. The third-order valence-corrected chi connectivity index (χ3v) is 3.52. The van der Waals surface area contributed by atoms with Crippen LogP contribution in [0.1, 0.15) is 11.3 Å². The number of aromatic amines is 1. The van der Waals surface area contributed by atoms with Gasteiger partial charge in [0.25, 0.3) is 5.78 Å². The average molecular weight is 378 g/mol.